The van der Waals surface area contributed by atoms with Crippen LogP contribution in [0.5, 0.6) is 0 Å². The molecule has 0 aromatic heterocycles. The van der Waals surface area contributed by atoms with Gasteiger partial charge in [-0.2, -0.15) is 0 Å². The summed E-state index contributed by atoms with van der Waals surface area (Å²) >= 11 is 0. The topological polar surface area (TPSA) is 17.1 Å². The molecule has 0 aliphatic carbocycles. The molecule has 0 saturated carbocycles. The van der Waals surface area contributed by atoms with Crippen LogP contribution < -0.4 is 0 Å². The molecule has 0 unspecified atom stereocenters. The predicted octanol–water partition coefficient (Wildman–Crippen LogP) is 2.26. The molecule has 0 heterocycles. The molecule has 0 N–H and O–H groups in total. The molecule has 1 heteroatoms. The van der Waals surface area contributed by atoms with Crippen LogP contribution in [0.3, 0.4) is 0 Å². The molecule has 0 aromatic rings. The van der Waals surface area contributed by atoms with Crippen LogP contribution in [0.15, 0.2) is 36.5 Å². The van der Waals surface area contributed by atoms with Crippen molar-refractivity contribution in [2.45, 2.75) is 13.3 Å². The number of aldehydes is 1. The third-order valence-electron chi connectivity index (χ3n) is 1.08. The molecule has 54 valence electrons. The zero-order valence-electron chi connectivity index (χ0n) is 6.21. The van der Waals surface area contributed by atoms with Crippen LogP contribution in [0.4, 0.5) is 0 Å². The van der Waals surface area contributed by atoms with Crippen LogP contribution >= 0.6 is 0 Å². The highest BCUT2D eigenvalue weighted by Gasteiger charge is 1.85. The van der Waals surface area contributed by atoms with Gasteiger partial charge in [-0.1, -0.05) is 30.9 Å². The van der Waals surface area contributed by atoms with Crippen molar-refractivity contribution in [3.63, 3.8) is 0 Å². The van der Waals surface area contributed by atoms with Crippen molar-refractivity contribution in [1.82, 2.24) is 0 Å². The lowest BCUT2D eigenvalue weighted by Crippen LogP contribution is -1.77. The molecule has 0 radical (unpaired) electrons. The first-order valence-electron chi connectivity index (χ1n) is 3.23. The molecule has 0 aliphatic heterocycles. The Balaban J connectivity index is 4.02. The molecule has 10 heavy (non-hydrogen) atoms. The standard InChI is InChI=1S/C9H12O/c1-3-5-6-9(4-2)7-8-10/h3-6,8H,2,7H2,1H3/b5-3-,9-6+. The minimum absolute atomic E-state index is 0.452. The van der Waals surface area contributed by atoms with Crippen LogP contribution in [-0.2, 0) is 4.79 Å². The van der Waals surface area contributed by atoms with Gasteiger partial charge < -0.3 is 4.79 Å². The summed E-state index contributed by atoms with van der Waals surface area (Å²) in [5.41, 5.74) is 0.952. The number of rotatable bonds is 4. The first-order valence-corrected chi connectivity index (χ1v) is 3.23. The average molecular weight is 136 g/mol. The Hall–Kier alpha value is -1.11. The van der Waals surface area contributed by atoms with Gasteiger partial charge in [0.15, 0.2) is 0 Å². The molecule has 0 bridgehead atoms. The van der Waals surface area contributed by atoms with E-state index in [0.717, 1.165) is 11.9 Å². The molecule has 0 fully saturated rings. The fourth-order valence-corrected chi connectivity index (χ4v) is 0.535. The van der Waals surface area contributed by atoms with E-state index in [1.54, 1.807) is 6.08 Å². The van der Waals surface area contributed by atoms with Gasteiger partial charge in [-0.15, -0.1) is 0 Å². The Morgan fingerprint density at radius 1 is 1.60 bits per heavy atom. The van der Waals surface area contributed by atoms with Crippen molar-refractivity contribution >= 4 is 6.29 Å². The van der Waals surface area contributed by atoms with E-state index in [4.69, 9.17) is 0 Å². The summed E-state index contributed by atoms with van der Waals surface area (Å²) in [5.74, 6) is 0. The first kappa shape index (κ1) is 8.89. The second kappa shape index (κ2) is 6.02. The van der Waals surface area contributed by atoms with Crippen molar-refractivity contribution in [1.29, 1.82) is 0 Å². The highest BCUT2D eigenvalue weighted by molar-refractivity contribution is 5.56. The lowest BCUT2D eigenvalue weighted by molar-refractivity contribution is -0.107. The van der Waals surface area contributed by atoms with E-state index >= 15 is 0 Å². The summed E-state index contributed by atoms with van der Waals surface area (Å²) < 4.78 is 0. The quantitative estimate of drug-likeness (QED) is 0.428. The SMILES string of the molecule is C=C/C(=C\C=C/C)CC=O. The Morgan fingerprint density at radius 2 is 2.30 bits per heavy atom. The summed E-state index contributed by atoms with van der Waals surface area (Å²) in [6, 6.07) is 0. The summed E-state index contributed by atoms with van der Waals surface area (Å²) in [5, 5.41) is 0. The maximum atomic E-state index is 10.0. The molecule has 0 aliphatic rings. The van der Waals surface area contributed by atoms with Crippen molar-refractivity contribution in [3.05, 3.63) is 36.5 Å². The molecular weight excluding hydrogens is 124 g/mol. The molecule has 1 nitrogen and oxygen atoms in total. The molecule has 0 atom stereocenters. The zero-order chi connectivity index (χ0) is 7.82. The number of carbonyl (C=O) groups is 1. The van der Waals surface area contributed by atoms with Gasteiger partial charge in [0.2, 0.25) is 0 Å². The monoisotopic (exact) mass is 136 g/mol. The van der Waals surface area contributed by atoms with Gasteiger partial charge in [-0.25, -0.2) is 0 Å². The van der Waals surface area contributed by atoms with E-state index < -0.39 is 0 Å². The summed E-state index contributed by atoms with van der Waals surface area (Å²) in [6.07, 6.45) is 8.69. The van der Waals surface area contributed by atoms with E-state index in [1.807, 2.05) is 25.2 Å². The fraction of sp³-hybridized carbons (Fsp3) is 0.222. The highest BCUT2D eigenvalue weighted by atomic mass is 16.1. The summed E-state index contributed by atoms with van der Waals surface area (Å²) in [7, 11) is 0. The number of hydrogen-bond acceptors (Lipinski definition) is 1. The molecule has 0 rings (SSSR count). The first-order chi connectivity index (χ1) is 4.85. The van der Waals surface area contributed by atoms with Gasteiger partial charge in [-0.3, -0.25) is 0 Å². The lowest BCUT2D eigenvalue weighted by atomic mass is 10.2. The van der Waals surface area contributed by atoms with Gasteiger partial charge >= 0.3 is 0 Å². The lowest BCUT2D eigenvalue weighted by Gasteiger charge is -1.89. The third kappa shape index (κ3) is 3.84. The van der Waals surface area contributed by atoms with E-state index in [0.29, 0.717) is 6.42 Å². The zero-order valence-corrected chi connectivity index (χ0v) is 6.21. The molecule has 0 spiro atoms. The van der Waals surface area contributed by atoms with Gasteiger partial charge in [0.05, 0.1) is 0 Å². The van der Waals surface area contributed by atoms with E-state index in [1.165, 1.54) is 0 Å². The average Bonchev–Trinajstić information content (AvgIpc) is 1.98. The van der Waals surface area contributed by atoms with Crippen LogP contribution in [0.1, 0.15) is 13.3 Å². The van der Waals surface area contributed by atoms with Crippen LogP contribution in [0.2, 0.25) is 0 Å². The van der Waals surface area contributed by atoms with Crippen molar-refractivity contribution in [3.8, 4) is 0 Å². The second-order valence-corrected chi connectivity index (χ2v) is 1.84. The molecule has 0 saturated heterocycles. The third-order valence-corrected chi connectivity index (χ3v) is 1.08. The van der Waals surface area contributed by atoms with Crippen molar-refractivity contribution < 1.29 is 4.79 Å². The largest absolute Gasteiger partial charge is 0.303 e. The Morgan fingerprint density at radius 3 is 2.70 bits per heavy atom. The number of carbonyl (C=O) groups excluding carboxylic acids is 1. The normalized spacial score (nSPS) is 11.9. The van der Waals surface area contributed by atoms with Gasteiger partial charge in [0, 0.05) is 6.42 Å². The Bertz CT molecular complexity index is 164. The van der Waals surface area contributed by atoms with Crippen molar-refractivity contribution in [2.75, 3.05) is 0 Å². The van der Waals surface area contributed by atoms with E-state index in [9.17, 15) is 4.79 Å². The molecule has 0 aromatic carbocycles. The van der Waals surface area contributed by atoms with E-state index in [-0.39, 0.29) is 0 Å². The smallest absolute Gasteiger partial charge is 0.124 e. The predicted molar refractivity (Wildman–Crippen MR) is 43.8 cm³/mol. The van der Waals surface area contributed by atoms with Crippen molar-refractivity contribution in [2.24, 2.45) is 0 Å². The minimum atomic E-state index is 0.452. The number of allylic oxidation sites excluding steroid dienone is 5. The van der Waals surface area contributed by atoms with Crippen LogP contribution in [0, 0.1) is 0 Å². The summed E-state index contributed by atoms with van der Waals surface area (Å²) in [4.78, 5) is 10.0. The Labute approximate surface area is 61.8 Å². The number of hydrogen-bond donors (Lipinski definition) is 0. The van der Waals surface area contributed by atoms with Gasteiger partial charge in [0.25, 0.3) is 0 Å². The minimum Gasteiger partial charge on any atom is -0.303 e. The fourth-order valence-electron chi connectivity index (χ4n) is 0.535. The molecular formula is C9H12O. The maximum Gasteiger partial charge on any atom is 0.124 e. The molecule has 0 amide bonds. The van der Waals surface area contributed by atoms with Crippen LogP contribution in [0.25, 0.3) is 0 Å². The van der Waals surface area contributed by atoms with E-state index in [2.05, 4.69) is 6.58 Å². The second-order valence-electron chi connectivity index (χ2n) is 1.84. The Kier molecular flexibility index (Phi) is 5.35. The van der Waals surface area contributed by atoms with Crippen LogP contribution in [-0.4, -0.2) is 6.29 Å². The highest BCUT2D eigenvalue weighted by Crippen LogP contribution is 1.99. The summed E-state index contributed by atoms with van der Waals surface area (Å²) in [6.45, 7) is 5.50. The van der Waals surface area contributed by atoms with Gasteiger partial charge in [-0.05, 0) is 12.5 Å². The van der Waals surface area contributed by atoms with Gasteiger partial charge in [0.1, 0.15) is 6.29 Å². The maximum absolute atomic E-state index is 10.0.